The number of benzene rings is 1. The Balaban J connectivity index is 2.12. The van der Waals surface area contributed by atoms with Crippen LogP contribution in [0.1, 0.15) is 25.5 Å². The number of carboxylic acids is 1. The molecule has 1 saturated carbocycles. The second kappa shape index (κ2) is 8.85. The first-order valence-electron chi connectivity index (χ1n) is 9.36. The standard InChI is InChI=1S/C21H18Br4F3NO3/c1-18(2)15(16(22)20(23,24)25)19(18,17(30)31)14(21(26,27)28)12-9-6-10-13(29-12)32-11-7-4-3-5-8-11/h3-10,14-16H,1-2H3,(H,30,31)/t14-,15-,16?,19+/m1/s1. The van der Waals surface area contributed by atoms with Crippen LogP contribution < -0.4 is 4.74 Å². The van der Waals surface area contributed by atoms with Gasteiger partial charge in [0.25, 0.3) is 0 Å². The largest absolute Gasteiger partial charge is 0.481 e. The van der Waals surface area contributed by atoms with E-state index in [0.29, 0.717) is 5.75 Å². The lowest BCUT2D eigenvalue weighted by atomic mass is 9.79. The summed E-state index contributed by atoms with van der Waals surface area (Å²) in [5, 5.41) is 10.2. The van der Waals surface area contributed by atoms with Crippen LogP contribution in [0.25, 0.3) is 0 Å². The molecule has 1 heterocycles. The van der Waals surface area contributed by atoms with Gasteiger partial charge in [0.15, 0.2) is 0 Å². The van der Waals surface area contributed by atoms with Gasteiger partial charge in [-0.05, 0) is 29.5 Å². The summed E-state index contributed by atoms with van der Waals surface area (Å²) in [4.78, 5) is 15.9. The Labute approximate surface area is 216 Å². The molecule has 1 aromatic carbocycles. The fraction of sp³-hybridized carbons (Fsp3) is 0.429. The number of carbonyl (C=O) groups is 1. The highest BCUT2D eigenvalue weighted by Crippen LogP contribution is 2.80. The molecule has 32 heavy (non-hydrogen) atoms. The molecule has 0 aliphatic heterocycles. The summed E-state index contributed by atoms with van der Waals surface area (Å²) in [6.07, 6.45) is -4.87. The SMILES string of the molecule is CC1(C)[C@@H](C(Br)C(Br)(Br)Br)[C@]1(C(=O)O)[C@@H](c1cccc(Oc2ccccc2)n1)C(F)(F)F. The summed E-state index contributed by atoms with van der Waals surface area (Å²) in [5.41, 5.74) is -3.79. The van der Waals surface area contributed by atoms with Crippen molar-refractivity contribution in [2.24, 2.45) is 16.7 Å². The molecule has 2 aromatic rings. The number of nitrogens with zero attached hydrogens (tertiary/aromatic N) is 1. The maximum absolute atomic E-state index is 14.5. The van der Waals surface area contributed by atoms with E-state index in [4.69, 9.17) is 4.74 Å². The minimum Gasteiger partial charge on any atom is -0.481 e. The van der Waals surface area contributed by atoms with Gasteiger partial charge in [-0.25, -0.2) is 4.98 Å². The van der Waals surface area contributed by atoms with Crippen molar-refractivity contribution in [3.05, 3.63) is 54.2 Å². The number of para-hydroxylation sites is 1. The highest BCUT2D eigenvalue weighted by Gasteiger charge is 2.85. The molecule has 1 aliphatic carbocycles. The summed E-state index contributed by atoms with van der Waals surface area (Å²) in [7, 11) is 0. The molecule has 0 amide bonds. The Morgan fingerprint density at radius 1 is 1.09 bits per heavy atom. The van der Waals surface area contributed by atoms with Crippen LogP contribution in [0.3, 0.4) is 0 Å². The van der Waals surface area contributed by atoms with Crippen LogP contribution in [0.5, 0.6) is 11.6 Å². The van der Waals surface area contributed by atoms with Gasteiger partial charge < -0.3 is 9.84 Å². The summed E-state index contributed by atoms with van der Waals surface area (Å²) in [5.74, 6) is -4.45. The smallest absolute Gasteiger partial charge is 0.398 e. The van der Waals surface area contributed by atoms with E-state index in [9.17, 15) is 23.1 Å². The Morgan fingerprint density at radius 3 is 2.19 bits per heavy atom. The third-order valence-corrected chi connectivity index (χ3v) is 10.5. The average molecular weight is 709 g/mol. The molecule has 1 fully saturated rings. The second-order valence-electron chi connectivity index (χ2n) is 8.11. The summed E-state index contributed by atoms with van der Waals surface area (Å²) >= 11 is 13.3. The van der Waals surface area contributed by atoms with E-state index in [1.807, 2.05) is 0 Å². The van der Waals surface area contributed by atoms with E-state index >= 15 is 0 Å². The number of ether oxygens (including phenoxy) is 1. The molecule has 1 aliphatic rings. The molecule has 0 bridgehead atoms. The van der Waals surface area contributed by atoms with Gasteiger partial charge in [0, 0.05) is 6.07 Å². The molecule has 174 valence electrons. The van der Waals surface area contributed by atoms with E-state index in [1.165, 1.54) is 32.0 Å². The van der Waals surface area contributed by atoms with Crippen LogP contribution in [0.4, 0.5) is 13.2 Å². The van der Waals surface area contributed by atoms with Gasteiger partial charge in [0.2, 0.25) is 5.88 Å². The topological polar surface area (TPSA) is 59.4 Å². The molecular weight excluding hydrogens is 691 g/mol. The zero-order valence-electron chi connectivity index (χ0n) is 16.7. The molecule has 1 aromatic heterocycles. The van der Waals surface area contributed by atoms with Crippen molar-refractivity contribution in [1.29, 1.82) is 0 Å². The summed E-state index contributed by atoms with van der Waals surface area (Å²) in [6, 6.07) is 12.5. The molecule has 4 atom stereocenters. The number of pyridine rings is 1. The van der Waals surface area contributed by atoms with Crippen molar-refractivity contribution in [2.45, 2.75) is 32.9 Å². The van der Waals surface area contributed by atoms with Gasteiger partial charge in [-0.15, -0.1) is 0 Å². The first-order valence-corrected chi connectivity index (χ1v) is 12.7. The van der Waals surface area contributed by atoms with Gasteiger partial charge in [-0.1, -0.05) is 102 Å². The van der Waals surface area contributed by atoms with Crippen LogP contribution >= 0.6 is 63.7 Å². The monoisotopic (exact) mass is 705 g/mol. The van der Waals surface area contributed by atoms with Crippen LogP contribution in [0, 0.1) is 16.7 Å². The van der Waals surface area contributed by atoms with Crippen LogP contribution in [0.15, 0.2) is 48.5 Å². The van der Waals surface area contributed by atoms with Crippen LogP contribution in [-0.4, -0.2) is 29.2 Å². The average Bonchev–Trinajstić information content (AvgIpc) is 3.17. The van der Waals surface area contributed by atoms with Crippen LogP contribution in [-0.2, 0) is 4.79 Å². The zero-order chi connectivity index (χ0) is 24.1. The van der Waals surface area contributed by atoms with Crippen molar-refractivity contribution in [1.82, 2.24) is 4.98 Å². The number of hydrogen-bond acceptors (Lipinski definition) is 3. The maximum atomic E-state index is 14.5. The third-order valence-electron chi connectivity index (χ3n) is 6.00. The first kappa shape index (κ1) is 26.0. The third kappa shape index (κ3) is 4.51. The fourth-order valence-electron chi connectivity index (χ4n) is 4.62. The number of carboxylic acid groups (broad SMARTS) is 1. The molecule has 4 nitrogen and oxygen atoms in total. The van der Waals surface area contributed by atoms with E-state index in [2.05, 4.69) is 68.7 Å². The Kier molecular flexibility index (Phi) is 7.18. The molecular formula is C21H18Br4F3NO3. The van der Waals surface area contributed by atoms with Gasteiger partial charge in [0.1, 0.15) is 13.8 Å². The predicted molar refractivity (Wildman–Crippen MR) is 129 cm³/mol. The Morgan fingerprint density at radius 2 is 1.69 bits per heavy atom. The lowest BCUT2D eigenvalue weighted by Crippen LogP contribution is -2.40. The normalized spacial score (nSPS) is 24.5. The molecule has 3 rings (SSSR count). The lowest BCUT2D eigenvalue weighted by molar-refractivity contribution is -0.185. The van der Waals surface area contributed by atoms with Gasteiger partial charge in [0.05, 0.1) is 15.9 Å². The lowest BCUT2D eigenvalue weighted by Gasteiger charge is -2.30. The summed E-state index contributed by atoms with van der Waals surface area (Å²) in [6.45, 7) is 3.06. The number of alkyl halides is 7. The molecule has 11 heteroatoms. The fourth-order valence-corrected chi connectivity index (χ4v) is 6.49. The number of aliphatic carboxylic acids is 1. The molecule has 0 spiro atoms. The van der Waals surface area contributed by atoms with Crippen molar-refractivity contribution in [3.8, 4) is 11.6 Å². The maximum Gasteiger partial charge on any atom is 0.398 e. The van der Waals surface area contributed by atoms with Crippen molar-refractivity contribution >= 4 is 69.7 Å². The first-order chi connectivity index (χ1) is 14.6. The quantitative estimate of drug-likeness (QED) is 0.311. The molecule has 0 radical (unpaired) electrons. The molecule has 1 unspecified atom stereocenters. The predicted octanol–water partition coefficient (Wildman–Crippen LogP) is 7.85. The molecule has 1 N–H and O–H groups in total. The van der Waals surface area contributed by atoms with Crippen molar-refractivity contribution < 1.29 is 27.8 Å². The van der Waals surface area contributed by atoms with Crippen molar-refractivity contribution in [3.63, 3.8) is 0 Å². The van der Waals surface area contributed by atoms with E-state index < -0.39 is 47.5 Å². The van der Waals surface area contributed by atoms with E-state index in [-0.39, 0.29) is 5.88 Å². The van der Waals surface area contributed by atoms with Gasteiger partial charge in [-0.2, -0.15) is 13.2 Å². The highest BCUT2D eigenvalue weighted by atomic mass is 80.0. The second-order valence-corrected chi connectivity index (χ2v) is 16.0. The number of hydrogen-bond donors (Lipinski definition) is 1. The number of aromatic nitrogens is 1. The van der Waals surface area contributed by atoms with Gasteiger partial charge >= 0.3 is 12.1 Å². The zero-order valence-corrected chi connectivity index (χ0v) is 23.1. The molecule has 0 saturated heterocycles. The minimum atomic E-state index is -4.87. The number of halogens is 7. The highest BCUT2D eigenvalue weighted by molar-refractivity contribution is 9.40. The van der Waals surface area contributed by atoms with Crippen molar-refractivity contribution in [2.75, 3.05) is 0 Å². The van der Waals surface area contributed by atoms with Crippen LogP contribution in [0.2, 0.25) is 0 Å². The number of rotatable bonds is 6. The minimum absolute atomic E-state index is 0.0512. The Bertz CT molecular complexity index is 998. The summed E-state index contributed by atoms with van der Waals surface area (Å²) < 4.78 is 48.2. The Hall–Kier alpha value is -0.650. The van der Waals surface area contributed by atoms with E-state index in [0.717, 1.165) is 0 Å². The van der Waals surface area contributed by atoms with E-state index in [1.54, 1.807) is 30.3 Å². The van der Waals surface area contributed by atoms with Gasteiger partial charge in [-0.3, -0.25) is 4.79 Å².